The van der Waals surface area contributed by atoms with Crippen molar-refractivity contribution in [2.24, 2.45) is 0 Å². The second kappa shape index (κ2) is 8.01. The van der Waals surface area contributed by atoms with E-state index in [1.54, 1.807) is 6.26 Å². The maximum atomic E-state index is 5.60. The molecule has 0 radical (unpaired) electrons. The lowest BCUT2D eigenvalue weighted by molar-refractivity contribution is 0.248. The van der Waals surface area contributed by atoms with Gasteiger partial charge in [-0.25, -0.2) is 0 Å². The summed E-state index contributed by atoms with van der Waals surface area (Å²) in [7, 11) is 2.18. The summed E-state index contributed by atoms with van der Waals surface area (Å²) in [5.41, 5.74) is 1.23. The molecular formula is C18H26N2O. The summed E-state index contributed by atoms with van der Waals surface area (Å²) < 4.78 is 5.60. The Bertz CT molecular complexity index is 495. The van der Waals surface area contributed by atoms with Crippen molar-refractivity contribution in [3.8, 4) is 0 Å². The summed E-state index contributed by atoms with van der Waals surface area (Å²) in [4.78, 5) is 2.39. The third-order valence-electron chi connectivity index (χ3n) is 4.12. The van der Waals surface area contributed by atoms with Gasteiger partial charge in [0, 0.05) is 19.1 Å². The molecule has 114 valence electrons. The first-order chi connectivity index (χ1) is 10.2. The fourth-order valence-electron chi connectivity index (χ4n) is 2.40. The minimum Gasteiger partial charge on any atom is -0.467 e. The predicted molar refractivity (Wildman–Crippen MR) is 87.4 cm³/mol. The van der Waals surface area contributed by atoms with Crippen LogP contribution in [-0.4, -0.2) is 31.1 Å². The lowest BCUT2D eigenvalue weighted by Gasteiger charge is -2.25. The van der Waals surface area contributed by atoms with Gasteiger partial charge in [0.15, 0.2) is 0 Å². The monoisotopic (exact) mass is 286 g/mol. The molecule has 21 heavy (non-hydrogen) atoms. The molecule has 1 N–H and O–H groups in total. The van der Waals surface area contributed by atoms with E-state index in [2.05, 4.69) is 55.4 Å². The third kappa shape index (κ3) is 4.45. The second-order valence-corrected chi connectivity index (χ2v) is 5.55. The van der Waals surface area contributed by atoms with Crippen LogP contribution in [-0.2, 0) is 0 Å². The molecule has 0 spiro atoms. The van der Waals surface area contributed by atoms with Crippen molar-refractivity contribution in [2.45, 2.75) is 32.4 Å². The zero-order valence-electron chi connectivity index (χ0n) is 13.3. The standard InChI is InChI=1S/C18H26N2O/c1-4-15(2)20(3)13-12-19-18(17-11-8-14-21-17)16-9-6-5-7-10-16/h5-11,14-15,18-19H,4,12-13H2,1-3H3. The van der Waals surface area contributed by atoms with E-state index in [1.165, 1.54) is 12.0 Å². The summed E-state index contributed by atoms with van der Waals surface area (Å²) in [6, 6.07) is 15.2. The van der Waals surface area contributed by atoms with Gasteiger partial charge in [0.05, 0.1) is 12.3 Å². The van der Waals surface area contributed by atoms with Crippen molar-refractivity contribution in [1.82, 2.24) is 10.2 Å². The van der Waals surface area contributed by atoms with E-state index in [1.807, 2.05) is 18.2 Å². The van der Waals surface area contributed by atoms with E-state index in [9.17, 15) is 0 Å². The summed E-state index contributed by atoms with van der Waals surface area (Å²) >= 11 is 0. The van der Waals surface area contributed by atoms with Crippen LogP contribution >= 0.6 is 0 Å². The highest BCUT2D eigenvalue weighted by Crippen LogP contribution is 2.22. The van der Waals surface area contributed by atoms with Gasteiger partial charge in [-0.05, 0) is 38.1 Å². The molecule has 0 saturated heterocycles. The second-order valence-electron chi connectivity index (χ2n) is 5.55. The highest BCUT2D eigenvalue weighted by atomic mass is 16.3. The molecule has 0 aliphatic carbocycles. The quantitative estimate of drug-likeness (QED) is 0.802. The number of nitrogens with zero attached hydrogens (tertiary/aromatic N) is 1. The van der Waals surface area contributed by atoms with E-state index in [0.717, 1.165) is 18.8 Å². The molecule has 2 unspecified atom stereocenters. The molecule has 1 aromatic heterocycles. The van der Waals surface area contributed by atoms with Crippen LogP contribution in [0, 0.1) is 0 Å². The van der Waals surface area contributed by atoms with Crippen LogP contribution in [0.5, 0.6) is 0 Å². The van der Waals surface area contributed by atoms with E-state index in [4.69, 9.17) is 4.42 Å². The fraction of sp³-hybridized carbons (Fsp3) is 0.444. The molecule has 0 aliphatic rings. The highest BCUT2D eigenvalue weighted by molar-refractivity contribution is 5.26. The van der Waals surface area contributed by atoms with Crippen molar-refractivity contribution < 1.29 is 4.42 Å². The van der Waals surface area contributed by atoms with Gasteiger partial charge in [0.1, 0.15) is 5.76 Å². The predicted octanol–water partition coefficient (Wildman–Crippen LogP) is 3.69. The average Bonchev–Trinajstić information content (AvgIpc) is 3.05. The van der Waals surface area contributed by atoms with Crippen LogP contribution in [0.1, 0.15) is 37.6 Å². The minimum atomic E-state index is 0.117. The largest absolute Gasteiger partial charge is 0.467 e. The van der Waals surface area contributed by atoms with Gasteiger partial charge in [-0.15, -0.1) is 0 Å². The Balaban J connectivity index is 1.98. The number of benzene rings is 1. The van der Waals surface area contributed by atoms with E-state index >= 15 is 0 Å². The van der Waals surface area contributed by atoms with Gasteiger partial charge in [-0.2, -0.15) is 0 Å². The third-order valence-corrected chi connectivity index (χ3v) is 4.12. The van der Waals surface area contributed by atoms with Gasteiger partial charge < -0.3 is 14.6 Å². The van der Waals surface area contributed by atoms with Crippen molar-refractivity contribution in [1.29, 1.82) is 0 Å². The van der Waals surface area contributed by atoms with Crippen molar-refractivity contribution in [3.05, 3.63) is 60.1 Å². The van der Waals surface area contributed by atoms with Crippen molar-refractivity contribution in [2.75, 3.05) is 20.1 Å². The highest BCUT2D eigenvalue weighted by Gasteiger charge is 2.16. The number of likely N-dealkylation sites (N-methyl/N-ethyl adjacent to an activating group) is 1. The van der Waals surface area contributed by atoms with Crippen molar-refractivity contribution >= 4 is 0 Å². The minimum absolute atomic E-state index is 0.117. The summed E-state index contributed by atoms with van der Waals surface area (Å²) in [5.74, 6) is 0.965. The summed E-state index contributed by atoms with van der Waals surface area (Å²) in [6.07, 6.45) is 2.91. The summed E-state index contributed by atoms with van der Waals surface area (Å²) in [5, 5.41) is 3.61. The van der Waals surface area contributed by atoms with Crippen LogP contribution < -0.4 is 5.32 Å². The molecule has 0 saturated carbocycles. The Morgan fingerprint density at radius 3 is 2.52 bits per heavy atom. The number of hydrogen-bond acceptors (Lipinski definition) is 3. The molecule has 0 aliphatic heterocycles. The maximum absolute atomic E-state index is 5.60. The SMILES string of the molecule is CCC(C)N(C)CCNC(c1ccccc1)c1ccco1. The van der Waals surface area contributed by atoms with Crippen LogP contribution in [0.3, 0.4) is 0 Å². The zero-order chi connectivity index (χ0) is 15.1. The molecule has 2 aromatic rings. The van der Waals surface area contributed by atoms with Gasteiger partial charge in [0.25, 0.3) is 0 Å². The first kappa shape index (κ1) is 15.8. The van der Waals surface area contributed by atoms with Gasteiger partial charge in [0.2, 0.25) is 0 Å². The van der Waals surface area contributed by atoms with Gasteiger partial charge in [-0.1, -0.05) is 37.3 Å². The van der Waals surface area contributed by atoms with Crippen LogP contribution in [0.4, 0.5) is 0 Å². The number of rotatable bonds is 8. The molecule has 0 bridgehead atoms. The number of furan rings is 1. The molecule has 3 nitrogen and oxygen atoms in total. The molecular weight excluding hydrogens is 260 g/mol. The Hall–Kier alpha value is -1.58. The maximum Gasteiger partial charge on any atom is 0.125 e. The number of nitrogens with one attached hydrogen (secondary N) is 1. The molecule has 1 aromatic carbocycles. The molecule has 3 heteroatoms. The first-order valence-corrected chi connectivity index (χ1v) is 7.74. The van der Waals surface area contributed by atoms with Crippen LogP contribution in [0.15, 0.2) is 53.1 Å². The Morgan fingerprint density at radius 2 is 1.90 bits per heavy atom. The molecule has 2 rings (SSSR count). The normalized spacial score (nSPS) is 14.3. The van der Waals surface area contributed by atoms with E-state index < -0.39 is 0 Å². The molecule has 2 atom stereocenters. The zero-order valence-corrected chi connectivity index (χ0v) is 13.3. The Kier molecular flexibility index (Phi) is 6.03. The van der Waals surface area contributed by atoms with Crippen LogP contribution in [0.2, 0.25) is 0 Å². The first-order valence-electron chi connectivity index (χ1n) is 7.74. The summed E-state index contributed by atoms with van der Waals surface area (Å²) in [6.45, 7) is 6.45. The van der Waals surface area contributed by atoms with Gasteiger partial charge in [-0.3, -0.25) is 0 Å². The van der Waals surface area contributed by atoms with Crippen molar-refractivity contribution in [3.63, 3.8) is 0 Å². The van der Waals surface area contributed by atoms with Crippen LogP contribution in [0.25, 0.3) is 0 Å². The number of hydrogen-bond donors (Lipinski definition) is 1. The fourth-order valence-corrected chi connectivity index (χ4v) is 2.40. The van der Waals surface area contributed by atoms with E-state index in [0.29, 0.717) is 6.04 Å². The Morgan fingerprint density at radius 1 is 1.14 bits per heavy atom. The molecule has 0 fully saturated rings. The lowest BCUT2D eigenvalue weighted by atomic mass is 10.0. The van der Waals surface area contributed by atoms with E-state index in [-0.39, 0.29) is 6.04 Å². The smallest absolute Gasteiger partial charge is 0.125 e. The van der Waals surface area contributed by atoms with Gasteiger partial charge >= 0.3 is 0 Å². The lowest BCUT2D eigenvalue weighted by Crippen LogP contribution is -2.36. The topological polar surface area (TPSA) is 28.4 Å². The molecule has 1 heterocycles. The molecule has 0 amide bonds. The Labute approximate surface area is 128 Å². The average molecular weight is 286 g/mol.